The maximum atomic E-state index is 12.4. The Labute approximate surface area is 165 Å². The molecule has 10 heteroatoms. The van der Waals surface area contributed by atoms with Crippen molar-refractivity contribution in [3.63, 3.8) is 0 Å². The third kappa shape index (κ3) is 4.83. The van der Waals surface area contributed by atoms with Crippen LogP contribution in [-0.4, -0.2) is 43.8 Å². The highest BCUT2D eigenvalue weighted by molar-refractivity contribution is 5.87. The average molecular weight is 402 g/mol. The van der Waals surface area contributed by atoms with E-state index in [2.05, 4.69) is 35.3 Å². The van der Waals surface area contributed by atoms with E-state index < -0.39 is 6.61 Å². The first-order chi connectivity index (χ1) is 14.1. The van der Waals surface area contributed by atoms with Crippen molar-refractivity contribution < 1.29 is 18.6 Å². The molecule has 0 atom stereocenters. The van der Waals surface area contributed by atoms with Crippen LogP contribution in [0, 0.1) is 0 Å². The predicted octanol–water partition coefficient (Wildman–Crippen LogP) is 3.48. The van der Waals surface area contributed by atoms with E-state index in [1.807, 2.05) is 0 Å². The first kappa shape index (κ1) is 19.2. The summed E-state index contributed by atoms with van der Waals surface area (Å²) in [6.45, 7) is -2.90. The number of hydrogen-bond donors (Lipinski definition) is 3. The summed E-state index contributed by atoms with van der Waals surface area (Å²) in [6, 6.07) is 6.40. The normalized spacial score (nSPS) is 19.3. The van der Waals surface area contributed by atoms with Crippen molar-refractivity contribution in [2.75, 3.05) is 10.6 Å². The van der Waals surface area contributed by atoms with Gasteiger partial charge in [0.2, 0.25) is 5.95 Å². The third-order valence-corrected chi connectivity index (χ3v) is 4.73. The minimum absolute atomic E-state index is 0.0415. The van der Waals surface area contributed by atoms with Gasteiger partial charge in [0.1, 0.15) is 23.1 Å². The summed E-state index contributed by atoms with van der Waals surface area (Å²) in [6.07, 6.45) is 5.93. The molecule has 0 spiro atoms. The maximum absolute atomic E-state index is 12.4. The highest BCUT2D eigenvalue weighted by Crippen LogP contribution is 2.26. The zero-order valence-electron chi connectivity index (χ0n) is 15.4. The quantitative estimate of drug-likeness (QED) is 0.576. The van der Waals surface area contributed by atoms with E-state index in [0.29, 0.717) is 28.5 Å². The van der Waals surface area contributed by atoms with E-state index in [1.54, 1.807) is 18.3 Å². The number of halogens is 2. The van der Waals surface area contributed by atoms with Crippen molar-refractivity contribution in [1.82, 2.24) is 19.9 Å². The van der Waals surface area contributed by atoms with Crippen LogP contribution in [0.4, 0.5) is 26.2 Å². The number of nitrogens with zero attached hydrogens (tertiary/aromatic N) is 4. The van der Waals surface area contributed by atoms with Crippen molar-refractivity contribution in [2.45, 2.75) is 44.4 Å². The molecule has 152 valence electrons. The zero-order chi connectivity index (χ0) is 20.2. The van der Waals surface area contributed by atoms with Gasteiger partial charge in [-0.3, -0.25) is 0 Å². The number of aromatic nitrogens is 4. The number of hydrogen-bond acceptors (Lipinski definition) is 8. The number of ether oxygens (including phenoxy) is 1. The second-order valence-electron chi connectivity index (χ2n) is 6.83. The van der Waals surface area contributed by atoms with Crippen LogP contribution in [0.25, 0.3) is 11.0 Å². The fraction of sp³-hybridized carbons (Fsp3) is 0.368. The van der Waals surface area contributed by atoms with Crippen LogP contribution in [0.1, 0.15) is 25.7 Å². The van der Waals surface area contributed by atoms with Gasteiger partial charge in [-0.05, 0) is 37.8 Å². The minimum atomic E-state index is -2.90. The Morgan fingerprint density at radius 1 is 1.10 bits per heavy atom. The van der Waals surface area contributed by atoms with Crippen molar-refractivity contribution in [3.8, 4) is 5.75 Å². The molecule has 0 amide bonds. The van der Waals surface area contributed by atoms with Crippen LogP contribution in [0.5, 0.6) is 5.75 Å². The molecule has 0 bridgehead atoms. The summed E-state index contributed by atoms with van der Waals surface area (Å²) in [5.41, 5.74) is 1.57. The summed E-state index contributed by atoms with van der Waals surface area (Å²) in [4.78, 5) is 17.2. The molecule has 0 radical (unpaired) electrons. The smallest absolute Gasteiger partial charge is 0.387 e. The van der Waals surface area contributed by atoms with Crippen LogP contribution in [-0.2, 0) is 0 Å². The number of aliphatic hydroxyl groups excluding tert-OH is 1. The lowest BCUT2D eigenvalue weighted by Crippen LogP contribution is -2.28. The SMILES string of the molecule is OC1CCC(Nc2ncc3ncnc(Nc4cccc(OC(F)F)c4)c3n2)CC1. The van der Waals surface area contributed by atoms with Crippen LogP contribution >= 0.6 is 0 Å². The average Bonchev–Trinajstić information content (AvgIpc) is 2.70. The molecule has 1 aliphatic carbocycles. The lowest BCUT2D eigenvalue weighted by molar-refractivity contribution is -0.0498. The highest BCUT2D eigenvalue weighted by Gasteiger charge is 2.20. The molecule has 0 unspecified atom stereocenters. The first-order valence-electron chi connectivity index (χ1n) is 9.31. The topological polar surface area (TPSA) is 105 Å². The van der Waals surface area contributed by atoms with Crippen molar-refractivity contribution in [2.24, 2.45) is 0 Å². The molecule has 1 saturated carbocycles. The number of rotatable bonds is 6. The molecule has 1 fully saturated rings. The molecule has 2 aromatic heterocycles. The number of fused-ring (bicyclic) bond motifs is 1. The molecule has 3 N–H and O–H groups in total. The fourth-order valence-corrected chi connectivity index (χ4v) is 3.30. The maximum Gasteiger partial charge on any atom is 0.387 e. The summed E-state index contributed by atoms with van der Waals surface area (Å²) in [5.74, 6) is 0.917. The molecule has 1 aromatic carbocycles. The van der Waals surface area contributed by atoms with Crippen molar-refractivity contribution in [1.29, 1.82) is 0 Å². The molecule has 2 heterocycles. The third-order valence-electron chi connectivity index (χ3n) is 4.73. The molecular weight excluding hydrogens is 382 g/mol. The standard InChI is InChI=1S/C19H20F2N6O2/c20-18(21)29-14-3-1-2-12(8-14)25-17-16-15(23-10-24-17)9-22-19(27-16)26-11-4-6-13(28)7-5-11/h1-3,8-11,13,18,28H,4-7H2,(H,22,26,27)(H,23,24,25). The zero-order valence-corrected chi connectivity index (χ0v) is 15.4. The Bertz CT molecular complexity index is 982. The minimum Gasteiger partial charge on any atom is -0.435 e. The van der Waals surface area contributed by atoms with Gasteiger partial charge in [0.05, 0.1) is 12.3 Å². The van der Waals surface area contributed by atoms with Crippen LogP contribution in [0.15, 0.2) is 36.8 Å². The number of nitrogens with one attached hydrogen (secondary N) is 2. The second-order valence-corrected chi connectivity index (χ2v) is 6.83. The van der Waals surface area contributed by atoms with Gasteiger partial charge in [-0.25, -0.2) is 19.9 Å². The molecule has 4 rings (SSSR count). The van der Waals surface area contributed by atoms with Crippen LogP contribution < -0.4 is 15.4 Å². The summed E-state index contributed by atoms with van der Waals surface area (Å²) >= 11 is 0. The summed E-state index contributed by atoms with van der Waals surface area (Å²) in [7, 11) is 0. The first-order valence-corrected chi connectivity index (χ1v) is 9.31. The van der Waals surface area contributed by atoms with Gasteiger partial charge in [-0.2, -0.15) is 8.78 Å². The second kappa shape index (κ2) is 8.48. The highest BCUT2D eigenvalue weighted by atomic mass is 19.3. The van der Waals surface area contributed by atoms with Gasteiger partial charge in [0.15, 0.2) is 5.82 Å². The van der Waals surface area contributed by atoms with Gasteiger partial charge in [0, 0.05) is 17.8 Å². The molecule has 1 aliphatic rings. The Balaban J connectivity index is 1.56. The largest absolute Gasteiger partial charge is 0.435 e. The Hall–Kier alpha value is -3.14. The van der Waals surface area contributed by atoms with E-state index >= 15 is 0 Å². The van der Waals surface area contributed by atoms with E-state index in [1.165, 1.54) is 18.5 Å². The van der Waals surface area contributed by atoms with Gasteiger partial charge < -0.3 is 20.5 Å². The van der Waals surface area contributed by atoms with Gasteiger partial charge in [-0.15, -0.1) is 0 Å². The lowest BCUT2D eigenvalue weighted by atomic mass is 9.93. The van der Waals surface area contributed by atoms with E-state index in [0.717, 1.165) is 25.7 Å². The Morgan fingerprint density at radius 3 is 2.72 bits per heavy atom. The van der Waals surface area contributed by atoms with Crippen molar-refractivity contribution >= 4 is 28.5 Å². The molecule has 0 aliphatic heterocycles. The van der Waals surface area contributed by atoms with Gasteiger partial charge in [-0.1, -0.05) is 6.07 Å². The lowest BCUT2D eigenvalue weighted by Gasteiger charge is -2.26. The number of alkyl halides is 2. The molecule has 29 heavy (non-hydrogen) atoms. The predicted molar refractivity (Wildman–Crippen MR) is 103 cm³/mol. The number of anilines is 3. The summed E-state index contributed by atoms with van der Waals surface area (Å²) in [5, 5.41) is 16.0. The fourth-order valence-electron chi connectivity index (χ4n) is 3.30. The number of aliphatic hydroxyl groups is 1. The molecular formula is C19H20F2N6O2. The number of benzene rings is 1. The molecule has 3 aromatic rings. The molecule has 0 saturated heterocycles. The Morgan fingerprint density at radius 2 is 1.93 bits per heavy atom. The monoisotopic (exact) mass is 402 g/mol. The van der Waals surface area contributed by atoms with E-state index in [4.69, 9.17) is 0 Å². The van der Waals surface area contributed by atoms with Crippen LogP contribution in [0.2, 0.25) is 0 Å². The van der Waals surface area contributed by atoms with E-state index in [-0.39, 0.29) is 17.9 Å². The summed E-state index contributed by atoms with van der Waals surface area (Å²) < 4.78 is 29.3. The molecule has 8 nitrogen and oxygen atoms in total. The van der Waals surface area contributed by atoms with Crippen molar-refractivity contribution in [3.05, 3.63) is 36.8 Å². The van der Waals surface area contributed by atoms with Gasteiger partial charge in [0.25, 0.3) is 0 Å². The van der Waals surface area contributed by atoms with E-state index in [9.17, 15) is 13.9 Å². The van der Waals surface area contributed by atoms with Crippen LogP contribution in [0.3, 0.4) is 0 Å². The van der Waals surface area contributed by atoms with Gasteiger partial charge >= 0.3 is 6.61 Å². The Kier molecular flexibility index (Phi) is 5.61.